The fourth-order valence-electron chi connectivity index (χ4n) is 1.67. The Morgan fingerprint density at radius 2 is 1.35 bits per heavy atom. The minimum absolute atomic E-state index is 0.120. The lowest BCUT2D eigenvalue weighted by Gasteiger charge is -2.12. The first-order valence-corrected chi connectivity index (χ1v) is 7.93. The number of unbranched alkanes of at least 4 members (excludes halogenated alkanes) is 5. The molecule has 0 bridgehead atoms. The molecule has 0 aliphatic carbocycles. The molecule has 128 valence electrons. The van der Waals surface area contributed by atoms with E-state index in [0.29, 0.717) is 6.42 Å². The van der Waals surface area contributed by atoms with Gasteiger partial charge in [0.05, 0.1) is 6.61 Å². The van der Waals surface area contributed by atoms with E-state index in [1.807, 2.05) is 36.4 Å². The van der Waals surface area contributed by atoms with Gasteiger partial charge in [-0.3, -0.25) is 9.59 Å². The lowest BCUT2D eigenvalue weighted by Crippen LogP contribution is -2.43. The van der Waals surface area contributed by atoms with Gasteiger partial charge in [0.25, 0.3) is 5.60 Å². The molecule has 0 unspecified atom stereocenters. The number of rotatable bonds is 10. The van der Waals surface area contributed by atoms with Crippen LogP contribution < -0.4 is 0 Å². The van der Waals surface area contributed by atoms with Gasteiger partial charge in [-0.15, -0.1) is 0 Å². The minimum Gasteiger partial charge on any atom is -0.463 e. The highest BCUT2D eigenvalue weighted by molar-refractivity contribution is 6.11. The molecule has 1 N–H and O–H groups in total. The summed E-state index contributed by atoms with van der Waals surface area (Å²) in [5, 5.41) is 9.16. The van der Waals surface area contributed by atoms with E-state index in [1.54, 1.807) is 0 Å². The van der Waals surface area contributed by atoms with Crippen LogP contribution in [0.5, 0.6) is 0 Å². The molecule has 0 atom stereocenters. The van der Waals surface area contributed by atoms with Crippen molar-refractivity contribution >= 4 is 18.5 Å². The van der Waals surface area contributed by atoms with Crippen LogP contribution in [0.15, 0.2) is 36.4 Å². The van der Waals surface area contributed by atoms with Gasteiger partial charge in [0.15, 0.2) is 12.6 Å². The average Bonchev–Trinajstić information content (AvgIpc) is 2.62. The van der Waals surface area contributed by atoms with Gasteiger partial charge in [-0.1, -0.05) is 75.4 Å². The topological polar surface area (TPSA) is 80.7 Å². The molecule has 1 rings (SSSR count). The smallest absolute Gasteiger partial charge is 0.353 e. The van der Waals surface area contributed by atoms with E-state index in [9.17, 15) is 14.4 Å². The van der Waals surface area contributed by atoms with Crippen molar-refractivity contribution in [3.63, 3.8) is 0 Å². The number of benzene rings is 1. The van der Waals surface area contributed by atoms with Crippen molar-refractivity contribution in [2.75, 3.05) is 6.61 Å². The van der Waals surface area contributed by atoms with Crippen LogP contribution in [0.3, 0.4) is 0 Å². The summed E-state index contributed by atoms with van der Waals surface area (Å²) in [5.41, 5.74) is -2.64. The quantitative estimate of drug-likeness (QED) is 0.310. The highest BCUT2D eigenvalue weighted by atomic mass is 16.6. The third-order valence-corrected chi connectivity index (χ3v) is 3.08. The maximum atomic E-state index is 11.1. The number of aliphatic hydroxyl groups is 1. The number of aldehydes is 2. The standard InChI is InChI=1S/C12H20O5.C6H6/c1-2-3-4-5-6-7-8-17-11(15)12(16,9-13)10-14;1-2-4-6-5-3-1/h9-10,16H,2-8H2,1H3;1-6H. The zero-order valence-corrected chi connectivity index (χ0v) is 13.6. The van der Waals surface area contributed by atoms with Gasteiger partial charge in [-0.25, -0.2) is 4.79 Å². The van der Waals surface area contributed by atoms with Crippen molar-refractivity contribution in [3.8, 4) is 0 Å². The van der Waals surface area contributed by atoms with E-state index >= 15 is 0 Å². The summed E-state index contributed by atoms with van der Waals surface area (Å²) < 4.78 is 4.64. The Balaban J connectivity index is 0.000000664. The van der Waals surface area contributed by atoms with Crippen LogP contribution in [0, 0.1) is 0 Å². The van der Waals surface area contributed by atoms with E-state index in [1.165, 1.54) is 12.8 Å². The molecule has 0 spiro atoms. The highest BCUT2D eigenvalue weighted by Crippen LogP contribution is 2.06. The molecule has 0 saturated heterocycles. The van der Waals surface area contributed by atoms with Gasteiger partial charge in [0, 0.05) is 0 Å². The highest BCUT2D eigenvalue weighted by Gasteiger charge is 2.37. The minimum atomic E-state index is -2.64. The van der Waals surface area contributed by atoms with E-state index in [4.69, 9.17) is 5.11 Å². The molecular weight excluding hydrogens is 296 g/mol. The van der Waals surface area contributed by atoms with Crippen LogP contribution in [0.2, 0.25) is 0 Å². The van der Waals surface area contributed by atoms with E-state index in [-0.39, 0.29) is 19.2 Å². The fraction of sp³-hybridized carbons (Fsp3) is 0.500. The van der Waals surface area contributed by atoms with Crippen LogP contribution in [0.4, 0.5) is 0 Å². The summed E-state index contributed by atoms with van der Waals surface area (Å²) in [7, 11) is 0. The van der Waals surface area contributed by atoms with Crippen molar-refractivity contribution < 1.29 is 24.2 Å². The van der Waals surface area contributed by atoms with Gasteiger partial charge >= 0.3 is 5.97 Å². The summed E-state index contributed by atoms with van der Waals surface area (Å²) in [6.07, 6.45) is 5.93. The van der Waals surface area contributed by atoms with E-state index in [2.05, 4.69) is 11.7 Å². The molecular formula is C18H26O5. The van der Waals surface area contributed by atoms with Crippen molar-refractivity contribution in [2.45, 2.75) is 51.0 Å². The lowest BCUT2D eigenvalue weighted by atomic mass is 10.1. The summed E-state index contributed by atoms with van der Waals surface area (Å²) in [6, 6.07) is 12.0. The van der Waals surface area contributed by atoms with Gasteiger partial charge < -0.3 is 9.84 Å². The van der Waals surface area contributed by atoms with Crippen LogP contribution in [-0.4, -0.2) is 35.9 Å². The SMILES string of the molecule is CCCCCCCCOC(=O)C(O)(C=O)C=O.c1ccccc1. The van der Waals surface area contributed by atoms with Gasteiger partial charge in [-0.2, -0.15) is 0 Å². The predicted octanol–water partition coefficient (Wildman–Crippen LogP) is 2.71. The molecule has 1 aromatic carbocycles. The molecule has 0 amide bonds. The van der Waals surface area contributed by atoms with Gasteiger partial charge in [0.1, 0.15) is 0 Å². The monoisotopic (exact) mass is 322 g/mol. The van der Waals surface area contributed by atoms with E-state index in [0.717, 1.165) is 19.3 Å². The van der Waals surface area contributed by atoms with E-state index < -0.39 is 11.6 Å². The third kappa shape index (κ3) is 10.4. The first-order chi connectivity index (χ1) is 11.1. The molecule has 0 saturated carbocycles. The first-order valence-electron chi connectivity index (χ1n) is 7.93. The number of ether oxygens (including phenoxy) is 1. The Hall–Kier alpha value is -2.01. The Bertz CT molecular complexity index is 396. The van der Waals surface area contributed by atoms with Gasteiger partial charge in [0.2, 0.25) is 0 Å². The zero-order valence-electron chi connectivity index (χ0n) is 13.6. The largest absolute Gasteiger partial charge is 0.463 e. The van der Waals surface area contributed by atoms with Crippen molar-refractivity contribution in [1.29, 1.82) is 0 Å². The summed E-state index contributed by atoms with van der Waals surface area (Å²) >= 11 is 0. The fourth-order valence-corrected chi connectivity index (χ4v) is 1.67. The molecule has 0 aromatic heterocycles. The maximum absolute atomic E-state index is 11.1. The maximum Gasteiger partial charge on any atom is 0.353 e. The Kier molecular flexibility index (Phi) is 12.4. The molecule has 1 aromatic rings. The summed E-state index contributed by atoms with van der Waals surface area (Å²) in [5.74, 6) is -1.20. The first kappa shape index (κ1) is 21.0. The number of hydrogen-bond donors (Lipinski definition) is 1. The normalized spacial score (nSPS) is 10.2. The molecule has 5 nitrogen and oxygen atoms in total. The average molecular weight is 322 g/mol. The van der Waals surface area contributed by atoms with Gasteiger partial charge in [-0.05, 0) is 6.42 Å². The number of carbonyl (C=O) groups excluding carboxylic acids is 3. The number of hydrogen-bond acceptors (Lipinski definition) is 5. The second-order valence-electron chi connectivity index (χ2n) is 5.12. The second-order valence-corrected chi connectivity index (χ2v) is 5.12. The van der Waals surface area contributed by atoms with Crippen molar-refractivity contribution in [2.24, 2.45) is 0 Å². The molecule has 0 aliphatic rings. The second kappa shape index (κ2) is 13.6. The van der Waals surface area contributed by atoms with Crippen LogP contribution in [0.25, 0.3) is 0 Å². The Morgan fingerprint density at radius 3 is 1.78 bits per heavy atom. The molecule has 0 heterocycles. The third-order valence-electron chi connectivity index (χ3n) is 3.08. The number of carbonyl (C=O) groups is 3. The van der Waals surface area contributed by atoms with Crippen LogP contribution >= 0.6 is 0 Å². The molecule has 0 fully saturated rings. The Morgan fingerprint density at radius 1 is 0.913 bits per heavy atom. The molecule has 0 aliphatic heterocycles. The lowest BCUT2D eigenvalue weighted by molar-refractivity contribution is -0.167. The summed E-state index contributed by atoms with van der Waals surface area (Å²) in [4.78, 5) is 31.8. The summed E-state index contributed by atoms with van der Waals surface area (Å²) in [6.45, 7) is 2.25. The molecule has 23 heavy (non-hydrogen) atoms. The van der Waals surface area contributed by atoms with Crippen LogP contribution in [0.1, 0.15) is 45.4 Å². The van der Waals surface area contributed by atoms with Crippen molar-refractivity contribution in [1.82, 2.24) is 0 Å². The molecule has 5 heteroatoms. The Labute approximate surface area is 137 Å². The van der Waals surface area contributed by atoms with Crippen molar-refractivity contribution in [3.05, 3.63) is 36.4 Å². The molecule has 0 radical (unpaired) electrons. The number of esters is 1. The van der Waals surface area contributed by atoms with Crippen LogP contribution in [-0.2, 0) is 19.1 Å². The predicted molar refractivity (Wildman–Crippen MR) is 87.9 cm³/mol. The zero-order chi connectivity index (χ0) is 17.4.